The maximum Gasteiger partial charge on any atom is 0.251 e. The first-order valence-electron chi connectivity index (χ1n) is 5.06. The molecule has 9 heteroatoms. The fourth-order valence-corrected chi connectivity index (χ4v) is 2.81. The van der Waals surface area contributed by atoms with Crippen LogP contribution in [0.2, 0.25) is 0 Å². The first-order chi connectivity index (χ1) is 8.77. The van der Waals surface area contributed by atoms with E-state index in [2.05, 4.69) is 21.2 Å². The topological polar surface area (TPSA) is 98.5 Å². The highest BCUT2D eigenvalue weighted by molar-refractivity contribution is 9.10. The summed E-state index contributed by atoms with van der Waals surface area (Å²) >= 11 is 2.78. The summed E-state index contributed by atoms with van der Waals surface area (Å²) in [7, 11) is -2.67. The molecule has 0 aliphatic carbocycles. The molecule has 0 atom stereocenters. The molecule has 0 aliphatic heterocycles. The Kier molecular flexibility index (Phi) is 5.41. The van der Waals surface area contributed by atoms with Crippen molar-refractivity contribution in [2.75, 3.05) is 20.3 Å². The van der Waals surface area contributed by atoms with Crippen molar-refractivity contribution >= 4 is 31.9 Å². The van der Waals surface area contributed by atoms with Gasteiger partial charge in [-0.25, -0.2) is 17.9 Å². The van der Waals surface area contributed by atoms with Crippen molar-refractivity contribution < 1.29 is 22.3 Å². The Morgan fingerprint density at radius 2 is 2.16 bits per heavy atom. The molecule has 106 valence electrons. The number of carbonyl (C=O) groups is 1. The molecule has 0 bridgehead atoms. The van der Waals surface area contributed by atoms with E-state index in [-0.39, 0.29) is 23.2 Å². The second kappa shape index (κ2) is 6.42. The van der Waals surface area contributed by atoms with Crippen LogP contribution in [0.3, 0.4) is 0 Å². The zero-order valence-corrected chi connectivity index (χ0v) is 12.3. The molecule has 3 N–H and O–H groups in total. The van der Waals surface area contributed by atoms with Gasteiger partial charge in [0.1, 0.15) is 5.82 Å². The van der Waals surface area contributed by atoms with Crippen LogP contribution in [0.15, 0.2) is 21.5 Å². The van der Waals surface area contributed by atoms with E-state index < -0.39 is 26.6 Å². The van der Waals surface area contributed by atoms with E-state index >= 15 is 0 Å². The van der Waals surface area contributed by atoms with E-state index in [1.807, 2.05) is 0 Å². The molecule has 1 amide bonds. The molecule has 0 saturated carbocycles. The number of benzene rings is 1. The van der Waals surface area contributed by atoms with Gasteiger partial charge in [0.25, 0.3) is 5.91 Å². The van der Waals surface area contributed by atoms with Gasteiger partial charge in [-0.3, -0.25) is 4.79 Å². The highest BCUT2D eigenvalue weighted by atomic mass is 79.9. The zero-order valence-electron chi connectivity index (χ0n) is 9.94. The van der Waals surface area contributed by atoms with Crippen molar-refractivity contribution in [1.29, 1.82) is 0 Å². The molecule has 0 unspecified atom stereocenters. The third kappa shape index (κ3) is 4.23. The monoisotopic (exact) mass is 354 g/mol. The van der Waals surface area contributed by atoms with E-state index in [0.717, 1.165) is 12.1 Å². The number of methoxy groups -OCH3 is 1. The van der Waals surface area contributed by atoms with Gasteiger partial charge in [-0.05, 0) is 28.1 Å². The van der Waals surface area contributed by atoms with E-state index in [1.165, 1.54) is 7.11 Å². The van der Waals surface area contributed by atoms with Crippen molar-refractivity contribution in [3.63, 3.8) is 0 Å². The number of halogens is 2. The summed E-state index contributed by atoms with van der Waals surface area (Å²) in [5.41, 5.74) is -0.138. The lowest BCUT2D eigenvalue weighted by molar-refractivity contribution is 0.0936. The van der Waals surface area contributed by atoms with Crippen LogP contribution in [0.25, 0.3) is 0 Å². The van der Waals surface area contributed by atoms with Gasteiger partial charge in [-0.2, -0.15) is 0 Å². The van der Waals surface area contributed by atoms with Crippen LogP contribution in [-0.4, -0.2) is 34.6 Å². The van der Waals surface area contributed by atoms with Gasteiger partial charge in [0.05, 0.1) is 16.0 Å². The lowest BCUT2D eigenvalue weighted by Gasteiger charge is -2.08. The number of ether oxygens (including phenoxy) is 1. The van der Waals surface area contributed by atoms with E-state index in [1.54, 1.807) is 0 Å². The quantitative estimate of drug-likeness (QED) is 0.756. The van der Waals surface area contributed by atoms with Crippen LogP contribution in [0.1, 0.15) is 10.4 Å². The molecule has 0 fully saturated rings. The molecule has 1 aromatic carbocycles. The number of rotatable bonds is 5. The molecule has 1 rings (SSSR count). The third-order valence-corrected chi connectivity index (χ3v) is 4.16. The molecule has 0 saturated heterocycles. The second-order valence-electron chi connectivity index (χ2n) is 3.56. The molecule has 0 spiro atoms. The van der Waals surface area contributed by atoms with Crippen LogP contribution in [-0.2, 0) is 14.8 Å². The Morgan fingerprint density at radius 1 is 1.53 bits per heavy atom. The highest BCUT2D eigenvalue weighted by Gasteiger charge is 2.20. The SMILES string of the molecule is COCCNC(=O)c1cc(F)c(Br)c(S(N)(=O)=O)c1. The molecule has 0 aromatic heterocycles. The van der Waals surface area contributed by atoms with Crippen LogP contribution < -0.4 is 10.5 Å². The zero-order chi connectivity index (χ0) is 14.6. The predicted molar refractivity (Wildman–Crippen MR) is 69.7 cm³/mol. The number of sulfonamides is 1. The first kappa shape index (κ1) is 16.0. The van der Waals surface area contributed by atoms with Crippen LogP contribution in [0.5, 0.6) is 0 Å². The second-order valence-corrected chi connectivity index (χ2v) is 5.89. The standard InChI is InChI=1S/C10H12BrFN2O4S/c1-18-3-2-14-10(15)6-4-7(12)9(11)8(5-6)19(13,16)17/h4-5H,2-3H2,1H3,(H,14,15)(H2,13,16,17). The number of amides is 1. The third-order valence-electron chi connectivity index (χ3n) is 2.16. The van der Waals surface area contributed by atoms with Crippen LogP contribution in [0.4, 0.5) is 4.39 Å². The minimum Gasteiger partial charge on any atom is -0.383 e. The molecule has 1 aromatic rings. The van der Waals surface area contributed by atoms with Gasteiger partial charge in [-0.1, -0.05) is 0 Å². The van der Waals surface area contributed by atoms with Crippen molar-refractivity contribution in [1.82, 2.24) is 5.32 Å². The smallest absolute Gasteiger partial charge is 0.251 e. The summed E-state index contributed by atoms with van der Waals surface area (Å²) in [6.07, 6.45) is 0. The molecular weight excluding hydrogens is 343 g/mol. The Bertz CT molecular complexity index is 591. The van der Waals surface area contributed by atoms with Gasteiger partial charge in [0.2, 0.25) is 10.0 Å². The van der Waals surface area contributed by atoms with Crippen LogP contribution in [0, 0.1) is 5.82 Å². The summed E-state index contributed by atoms with van der Waals surface area (Å²) in [6.45, 7) is 0.504. The molecule has 0 heterocycles. The fourth-order valence-electron chi connectivity index (χ4n) is 1.27. The van der Waals surface area contributed by atoms with Gasteiger partial charge < -0.3 is 10.1 Å². The molecule has 6 nitrogen and oxygen atoms in total. The van der Waals surface area contributed by atoms with Crippen molar-refractivity contribution in [2.24, 2.45) is 5.14 Å². The Labute approximate surface area is 118 Å². The van der Waals surface area contributed by atoms with E-state index in [9.17, 15) is 17.6 Å². The summed E-state index contributed by atoms with van der Waals surface area (Å²) in [5, 5.41) is 7.38. The average Bonchev–Trinajstić information content (AvgIpc) is 2.31. The number of hydrogen-bond acceptors (Lipinski definition) is 4. The van der Waals surface area contributed by atoms with E-state index in [0.29, 0.717) is 0 Å². The summed E-state index contributed by atoms with van der Waals surface area (Å²) < 4.78 is 40.5. The Morgan fingerprint density at radius 3 is 2.68 bits per heavy atom. The normalized spacial score (nSPS) is 11.4. The Hall–Kier alpha value is -1.03. The fraction of sp³-hybridized carbons (Fsp3) is 0.300. The maximum absolute atomic E-state index is 13.5. The number of nitrogens with two attached hydrogens (primary N) is 1. The van der Waals surface area contributed by atoms with Crippen molar-refractivity contribution in [3.8, 4) is 0 Å². The van der Waals surface area contributed by atoms with Gasteiger partial charge in [0, 0.05) is 19.2 Å². The number of primary sulfonamides is 1. The van der Waals surface area contributed by atoms with Crippen molar-refractivity contribution in [2.45, 2.75) is 4.90 Å². The molecule has 19 heavy (non-hydrogen) atoms. The van der Waals surface area contributed by atoms with Gasteiger partial charge >= 0.3 is 0 Å². The lowest BCUT2D eigenvalue weighted by Crippen LogP contribution is -2.27. The minimum atomic E-state index is -4.13. The predicted octanol–water partition coefficient (Wildman–Crippen LogP) is 0.612. The van der Waals surface area contributed by atoms with Gasteiger partial charge in [-0.15, -0.1) is 0 Å². The summed E-state index contributed by atoms with van der Waals surface area (Å²) in [4.78, 5) is 11.2. The summed E-state index contributed by atoms with van der Waals surface area (Å²) in [6, 6.07) is 1.92. The molecule has 0 aliphatic rings. The average molecular weight is 355 g/mol. The van der Waals surface area contributed by atoms with E-state index in [4.69, 9.17) is 9.88 Å². The Balaban J connectivity index is 3.11. The number of nitrogens with one attached hydrogen (secondary N) is 1. The van der Waals surface area contributed by atoms with Crippen molar-refractivity contribution in [3.05, 3.63) is 28.0 Å². The molecular formula is C10H12BrFN2O4S. The number of hydrogen-bond donors (Lipinski definition) is 2. The highest BCUT2D eigenvalue weighted by Crippen LogP contribution is 2.25. The van der Waals surface area contributed by atoms with Crippen LogP contribution >= 0.6 is 15.9 Å². The first-order valence-corrected chi connectivity index (χ1v) is 7.40. The molecule has 0 radical (unpaired) electrons. The lowest BCUT2D eigenvalue weighted by atomic mass is 10.2. The maximum atomic E-state index is 13.5. The van der Waals surface area contributed by atoms with Gasteiger partial charge in [0.15, 0.2) is 0 Å². The number of carbonyl (C=O) groups excluding carboxylic acids is 1. The largest absolute Gasteiger partial charge is 0.383 e. The summed E-state index contributed by atoms with van der Waals surface area (Å²) in [5.74, 6) is -1.50. The minimum absolute atomic E-state index is 0.138.